The molecule has 2 nitrogen and oxygen atoms in total. The summed E-state index contributed by atoms with van der Waals surface area (Å²) < 4.78 is 5.10. The Bertz CT molecular complexity index is 303. The number of hydrogen-bond acceptors (Lipinski definition) is 2. The van der Waals surface area contributed by atoms with E-state index in [-0.39, 0.29) is 0 Å². The Kier molecular flexibility index (Phi) is 6.16. The van der Waals surface area contributed by atoms with Crippen LogP contribution in [0.1, 0.15) is 31.7 Å². The first-order valence-corrected chi connectivity index (χ1v) is 5.91. The molecule has 0 aromatic heterocycles. The first kappa shape index (κ1) is 12.6. The van der Waals surface area contributed by atoms with Crippen LogP contribution in [0.4, 0.5) is 0 Å². The molecule has 0 bridgehead atoms. The fraction of sp³-hybridized carbons (Fsp3) is 0.429. The molecule has 0 fully saturated rings. The zero-order valence-electron chi connectivity index (χ0n) is 10.2. The molecule has 0 aliphatic carbocycles. The van der Waals surface area contributed by atoms with Gasteiger partial charge in [-0.3, -0.25) is 0 Å². The third-order valence-electron chi connectivity index (χ3n) is 2.43. The minimum Gasteiger partial charge on any atom is -0.497 e. The van der Waals surface area contributed by atoms with Crippen molar-refractivity contribution in [1.82, 2.24) is 5.32 Å². The van der Waals surface area contributed by atoms with Gasteiger partial charge < -0.3 is 10.1 Å². The predicted octanol–water partition coefficient (Wildman–Crippen LogP) is 3.45. The van der Waals surface area contributed by atoms with Crippen LogP contribution in [0.3, 0.4) is 0 Å². The van der Waals surface area contributed by atoms with Crippen LogP contribution in [-0.2, 0) is 0 Å². The van der Waals surface area contributed by atoms with E-state index >= 15 is 0 Å². The second kappa shape index (κ2) is 7.80. The van der Waals surface area contributed by atoms with Crippen LogP contribution in [0.15, 0.2) is 30.5 Å². The highest BCUT2D eigenvalue weighted by Crippen LogP contribution is 2.11. The maximum Gasteiger partial charge on any atom is 0.118 e. The number of methoxy groups -OCH3 is 1. The zero-order valence-corrected chi connectivity index (χ0v) is 10.2. The molecule has 0 radical (unpaired) electrons. The Morgan fingerprint density at radius 1 is 1.19 bits per heavy atom. The number of rotatable bonds is 7. The number of unbranched alkanes of at least 4 members (excludes halogenated alkanes) is 2. The van der Waals surface area contributed by atoms with Crippen molar-refractivity contribution in [3.8, 4) is 5.75 Å². The molecule has 0 saturated carbocycles. The van der Waals surface area contributed by atoms with Crippen LogP contribution in [-0.4, -0.2) is 13.7 Å². The van der Waals surface area contributed by atoms with Crippen molar-refractivity contribution in [3.63, 3.8) is 0 Å². The summed E-state index contributed by atoms with van der Waals surface area (Å²) >= 11 is 0. The van der Waals surface area contributed by atoms with E-state index in [2.05, 4.69) is 18.3 Å². The van der Waals surface area contributed by atoms with Crippen LogP contribution in [0.2, 0.25) is 0 Å². The lowest BCUT2D eigenvalue weighted by Gasteiger charge is -2.00. The molecule has 0 spiro atoms. The van der Waals surface area contributed by atoms with Gasteiger partial charge in [-0.15, -0.1) is 0 Å². The molecule has 0 aliphatic heterocycles. The van der Waals surface area contributed by atoms with E-state index in [1.54, 1.807) is 7.11 Å². The van der Waals surface area contributed by atoms with Gasteiger partial charge >= 0.3 is 0 Å². The summed E-state index contributed by atoms with van der Waals surface area (Å²) in [4.78, 5) is 0. The SMILES string of the molecule is CCCCCNC=Cc1ccc(OC)cc1. The molecular formula is C14H21NO. The monoisotopic (exact) mass is 219 g/mol. The molecule has 0 heterocycles. The molecule has 1 rings (SSSR count). The van der Waals surface area contributed by atoms with E-state index < -0.39 is 0 Å². The van der Waals surface area contributed by atoms with Crippen molar-refractivity contribution in [3.05, 3.63) is 36.0 Å². The van der Waals surface area contributed by atoms with E-state index in [4.69, 9.17) is 4.74 Å². The van der Waals surface area contributed by atoms with Crippen LogP contribution >= 0.6 is 0 Å². The van der Waals surface area contributed by atoms with Gasteiger partial charge in [0.1, 0.15) is 5.75 Å². The van der Waals surface area contributed by atoms with Gasteiger partial charge in [-0.1, -0.05) is 31.9 Å². The lowest BCUT2D eigenvalue weighted by molar-refractivity contribution is 0.415. The van der Waals surface area contributed by atoms with Gasteiger partial charge in [0.15, 0.2) is 0 Å². The Hall–Kier alpha value is -1.44. The van der Waals surface area contributed by atoms with Crippen LogP contribution < -0.4 is 10.1 Å². The average Bonchev–Trinajstić information content (AvgIpc) is 2.34. The van der Waals surface area contributed by atoms with Crippen molar-refractivity contribution < 1.29 is 4.74 Å². The highest BCUT2D eigenvalue weighted by molar-refractivity contribution is 5.50. The Morgan fingerprint density at radius 2 is 1.94 bits per heavy atom. The Balaban J connectivity index is 2.27. The minimum absolute atomic E-state index is 0.896. The molecule has 0 amide bonds. The van der Waals surface area contributed by atoms with E-state index in [1.807, 2.05) is 30.5 Å². The van der Waals surface area contributed by atoms with Gasteiger partial charge in [-0.2, -0.15) is 0 Å². The first-order chi connectivity index (χ1) is 7.86. The maximum absolute atomic E-state index is 5.10. The lowest BCUT2D eigenvalue weighted by atomic mass is 10.2. The molecule has 0 unspecified atom stereocenters. The summed E-state index contributed by atoms with van der Waals surface area (Å²) in [7, 11) is 1.68. The third kappa shape index (κ3) is 4.87. The second-order valence-electron chi connectivity index (χ2n) is 3.77. The van der Waals surface area contributed by atoms with Crippen molar-refractivity contribution in [2.24, 2.45) is 0 Å². The summed E-state index contributed by atoms with van der Waals surface area (Å²) in [6, 6.07) is 8.03. The minimum atomic E-state index is 0.896. The first-order valence-electron chi connectivity index (χ1n) is 5.91. The molecule has 0 atom stereocenters. The number of benzene rings is 1. The smallest absolute Gasteiger partial charge is 0.118 e. The van der Waals surface area contributed by atoms with Gasteiger partial charge in [0, 0.05) is 6.54 Å². The molecule has 1 N–H and O–H groups in total. The normalized spacial score (nSPS) is 10.6. The van der Waals surface area contributed by atoms with Gasteiger partial charge in [0.2, 0.25) is 0 Å². The van der Waals surface area contributed by atoms with Crippen molar-refractivity contribution in [1.29, 1.82) is 0 Å². The number of hydrogen-bond donors (Lipinski definition) is 1. The van der Waals surface area contributed by atoms with Crippen LogP contribution in [0.25, 0.3) is 6.08 Å². The fourth-order valence-corrected chi connectivity index (χ4v) is 1.43. The second-order valence-corrected chi connectivity index (χ2v) is 3.77. The fourth-order valence-electron chi connectivity index (χ4n) is 1.43. The maximum atomic E-state index is 5.10. The molecule has 1 aromatic carbocycles. The van der Waals surface area contributed by atoms with E-state index in [1.165, 1.54) is 24.8 Å². The summed E-state index contributed by atoms with van der Waals surface area (Å²) in [5.74, 6) is 0.896. The van der Waals surface area contributed by atoms with E-state index in [9.17, 15) is 0 Å². The van der Waals surface area contributed by atoms with Crippen molar-refractivity contribution in [2.45, 2.75) is 26.2 Å². The van der Waals surface area contributed by atoms with E-state index in [0.29, 0.717) is 0 Å². The van der Waals surface area contributed by atoms with Crippen LogP contribution in [0.5, 0.6) is 5.75 Å². The van der Waals surface area contributed by atoms with Crippen LogP contribution in [0, 0.1) is 0 Å². The van der Waals surface area contributed by atoms with Crippen molar-refractivity contribution in [2.75, 3.05) is 13.7 Å². The Labute approximate surface area is 98.3 Å². The topological polar surface area (TPSA) is 21.3 Å². The molecule has 16 heavy (non-hydrogen) atoms. The molecule has 0 saturated heterocycles. The van der Waals surface area contributed by atoms with Gasteiger partial charge in [0.05, 0.1) is 7.11 Å². The lowest BCUT2D eigenvalue weighted by Crippen LogP contribution is -2.05. The van der Waals surface area contributed by atoms with Gasteiger partial charge in [0.25, 0.3) is 0 Å². The largest absolute Gasteiger partial charge is 0.497 e. The molecule has 1 aromatic rings. The number of ether oxygens (including phenoxy) is 1. The van der Waals surface area contributed by atoms with Crippen molar-refractivity contribution >= 4 is 6.08 Å². The summed E-state index contributed by atoms with van der Waals surface area (Å²) in [6.45, 7) is 3.27. The average molecular weight is 219 g/mol. The highest BCUT2D eigenvalue weighted by atomic mass is 16.5. The zero-order chi connectivity index (χ0) is 11.6. The van der Waals surface area contributed by atoms with Gasteiger partial charge in [-0.25, -0.2) is 0 Å². The molecule has 0 aliphatic rings. The quantitative estimate of drug-likeness (QED) is 0.709. The standard InChI is InChI=1S/C14H21NO/c1-3-4-5-11-15-12-10-13-6-8-14(16-2)9-7-13/h6-10,12,15H,3-5,11H2,1-2H3. The highest BCUT2D eigenvalue weighted by Gasteiger charge is 1.89. The van der Waals surface area contributed by atoms with E-state index in [0.717, 1.165) is 12.3 Å². The molecule has 88 valence electrons. The third-order valence-corrected chi connectivity index (χ3v) is 2.43. The summed E-state index contributed by atoms with van der Waals surface area (Å²) in [6.07, 6.45) is 7.89. The van der Waals surface area contributed by atoms with Gasteiger partial charge in [-0.05, 0) is 36.4 Å². The molecular weight excluding hydrogens is 198 g/mol. The molecule has 2 heteroatoms. The summed E-state index contributed by atoms with van der Waals surface area (Å²) in [5, 5.41) is 3.29. The Morgan fingerprint density at radius 3 is 2.56 bits per heavy atom. The summed E-state index contributed by atoms with van der Waals surface area (Å²) in [5.41, 5.74) is 1.18. The predicted molar refractivity (Wildman–Crippen MR) is 69.6 cm³/mol. The number of nitrogens with one attached hydrogen (secondary N) is 1.